The lowest BCUT2D eigenvalue weighted by Crippen LogP contribution is -2.20. The highest BCUT2D eigenvalue weighted by molar-refractivity contribution is 9.10. The molecule has 1 atom stereocenters. The Bertz CT molecular complexity index is 493. The van der Waals surface area contributed by atoms with Crippen LogP contribution < -0.4 is 5.32 Å². The van der Waals surface area contributed by atoms with Crippen LogP contribution in [0.15, 0.2) is 52.2 Å². The predicted octanol–water partition coefficient (Wildman–Crippen LogP) is 3.29. The van der Waals surface area contributed by atoms with Crippen LogP contribution in [0.3, 0.4) is 0 Å². The number of benzene rings is 1. The van der Waals surface area contributed by atoms with Gasteiger partial charge in [-0.15, -0.1) is 11.8 Å². The van der Waals surface area contributed by atoms with Crippen LogP contribution in [0.25, 0.3) is 0 Å². The van der Waals surface area contributed by atoms with Gasteiger partial charge >= 0.3 is 0 Å². The molecule has 1 aromatic heterocycles. The minimum absolute atomic E-state index is 0.204. The Morgan fingerprint density at radius 3 is 2.83 bits per heavy atom. The minimum Gasteiger partial charge on any atom is -0.311 e. The molecule has 0 fully saturated rings. The van der Waals surface area contributed by atoms with E-state index in [1.165, 1.54) is 4.90 Å². The molecular weight excluding hydrogens is 310 g/mol. The second-order valence-corrected chi connectivity index (χ2v) is 5.63. The van der Waals surface area contributed by atoms with Gasteiger partial charge in [-0.3, -0.25) is 9.97 Å². The first-order valence-corrected chi connectivity index (χ1v) is 7.39. The third-order valence-electron chi connectivity index (χ3n) is 2.53. The highest BCUT2D eigenvalue weighted by Crippen LogP contribution is 2.29. The topological polar surface area (TPSA) is 37.8 Å². The fourth-order valence-corrected chi connectivity index (χ4v) is 3.23. The van der Waals surface area contributed by atoms with Gasteiger partial charge in [-0.1, -0.05) is 12.1 Å². The average Bonchev–Trinajstić information content (AvgIpc) is 2.42. The summed E-state index contributed by atoms with van der Waals surface area (Å²) in [5, 5.41) is 3.27. The van der Waals surface area contributed by atoms with Crippen molar-refractivity contribution in [2.24, 2.45) is 0 Å². The summed E-state index contributed by atoms with van der Waals surface area (Å²) in [4.78, 5) is 9.68. The number of aromatic nitrogens is 2. The number of nitrogens with zero attached hydrogens (tertiary/aromatic N) is 2. The molecule has 0 aliphatic rings. The molecule has 1 heterocycles. The van der Waals surface area contributed by atoms with Gasteiger partial charge in [0.1, 0.15) is 0 Å². The monoisotopic (exact) mass is 323 g/mol. The van der Waals surface area contributed by atoms with Gasteiger partial charge in [-0.2, -0.15) is 0 Å². The molecule has 2 rings (SSSR count). The van der Waals surface area contributed by atoms with E-state index in [9.17, 15) is 0 Å². The lowest BCUT2D eigenvalue weighted by atomic mass is 10.2. The quantitative estimate of drug-likeness (QED) is 0.857. The molecule has 0 amide bonds. The molecule has 0 aliphatic carbocycles. The molecule has 1 N–H and O–H groups in total. The molecule has 18 heavy (non-hydrogen) atoms. The smallest absolute Gasteiger partial charge is 0.0764 e. The zero-order valence-corrected chi connectivity index (χ0v) is 12.4. The second kappa shape index (κ2) is 6.87. The number of nitrogens with one attached hydrogen (secondary N) is 1. The van der Waals surface area contributed by atoms with Crippen molar-refractivity contribution in [1.29, 1.82) is 0 Å². The van der Waals surface area contributed by atoms with Gasteiger partial charge in [0.2, 0.25) is 0 Å². The van der Waals surface area contributed by atoms with Crippen molar-refractivity contribution in [3.8, 4) is 0 Å². The summed E-state index contributed by atoms with van der Waals surface area (Å²) in [6, 6.07) is 8.43. The van der Waals surface area contributed by atoms with Crippen LogP contribution in [0.4, 0.5) is 0 Å². The van der Waals surface area contributed by atoms with Gasteiger partial charge in [0.25, 0.3) is 0 Å². The van der Waals surface area contributed by atoms with E-state index in [4.69, 9.17) is 0 Å². The Hall–Kier alpha value is -0.910. The second-order valence-electron chi connectivity index (χ2n) is 3.71. The Kier molecular flexibility index (Phi) is 5.16. The standard InChI is InChI=1S/C13H14BrN3S/c1-15-12(11-8-16-6-7-17-11)9-18-13-5-3-2-4-10(13)14/h2-8,12,15H,9H2,1H3. The summed E-state index contributed by atoms with van der Waals surface area (Å²) >= 11 is 5.35. The molecule has 0 saturated carbocycles. The minimum atomic E-state index is 0.204. The Morgan fingerprint density at radius 2 is 2.17 bits per heavy atom. The van der Waals surface area contributed by atoms with Crippen molar-refractivity contribution in [3.05, 3.63) is 53.0 Å². The molecule has 0 saturated heterocycles. The highest BCUT2D eigenvalue weighted by atomic mass is 79.9. The van der Waals surface area contributed by atoms with Crippen LogP contribution in [-0.4, -0.2) is 22.8 Å². The van der Waals surface area contributed by atoms with Gasteiger partial charge < -0.3 is 5.32 Å². The van der Waals surface area contributed by atoms with Crippen LogP contribution in [0.5, 0.6) is 0 Å². The van der Waals surface area contributed by atoms with Gasteiger partial charge in [0.15, 0.2) is 0 Å². The molecule has 2 aromatic rings. The fraction of sp³-hybridized carbons (Fsp3) is 0.231. The fourth-order valence-electron chi connectivity index (χ4n) is 1.54. The number of hydrogen-bond donors (Lipinski definition) is 1. The Labute approximate surface area is 120 Å². The molecule has 1 aromatic carbocycles. The van der Waals surface area contributed by atoms with E-state index in [-0.39, 0.29) is 6.04 Å². The highest BCUT2D eigenvalue weighted by Gasteiger charge is 2.11. The van der Waals surface area contributed by atoms with Crippen molar-refractivity contribution < 1.29 is 0 Å². The number of halogens is 1. The summed E-state index contributed by atoms with van der Waals surface area (Å²) in [6.45, 7) is 0. The van der Waals surface area contributed by atoms with E-state index in [1.807, 2.05) is 25.4 Å². The zero-order chi connectivity index (χ0) is 12.8. The lowest BCUT2D eigenvalue weighted by Gasteiger charge is -2.15. The van der Waals surface area contributed by atoms with Gasteiger partial charge in [0.05, 0.1) is 11.7 Å². The number of rotatable bonds is 5. The Morgan fingerprint density at radius 1 is 1.33 bits per heavy atom. The van der Waals surface area contributed by atoms with E-state index >= 15 is 0 Å². The molecule has 94 valence electrons. The van der Waals surface area contributed by atoms with E-state index < -0.39 is 0 Å². The molecule has 3 nitrogen and oxygen atoms in total. The predicted molar refractivity (Wildman–Crippen MR) is 78.7 cm³/mol. The van der Waals surface area contributed by atoms with Crippen molar-refractivity contribution in [2.45, 2.75) is 10.9 Å². The van der Waals surface area contributed by atoms with E-state index in [1.54, 1.807) is 24.2 Å². The summed E-state index contributed by atoms with van der Waals surface area (Å²) < 4.78 is 1.13. The number of hydrogen-bond acceptors (Lipinski definition) is 4. The SMILES string of the molecule is CNC(CSc1ccccc1Br)c1cnccn1. The van der Waals surface area contributed by atoms with E-state index in [2.05, 4.69) is 43.3 Å². The first-order chi connectivity index (χ1) is 8.81. The zero-order valence-electron chi connectivity index (χ0n) is 10.0. The molecule has 0 aliphatic heterocycles. The summed E-state index contributed by atoms with van der Waals surface area (Å²) in [5.41, 5.74) is 0.972. The maximum absolute atomic E-state index is 4.33. The largest absolute Gasteiger partial charge is 0.311 e. The van der Waals surface area contributed by atoms with Crippen molar-refractivity contribution in [1.82, 2.24) is 15.3 Å². The van der Waals surface area contributed by atoms with E-state index in [0.717, 1.165) is 15.9 Å². The van der Waals surface area contributed by atoms with Gasteiger partial charge in [-0.05, 0) is 35.1 Å². The summed E-state index contributed by atoms with van der Waals surface area (Å²) in [6.07, 6.45) is 5.22. The lowest BCUT2D eigenvalue weighted by molar-refractivity contribution is 0.638. The molecule has 0 spiro atoms. The van der Waals surface area contributed by atoms with Crippen LogP contribution >= 0.6 is 27.7 Å². The molecule has 0 bridgehead atoms. The van der Waals surface area contributed by atoms with Crippen molar-refractivity contribution in [3.63, 3.8) is 0 Å². The van der Waals surface area contributed by atoms with E-state index in [0.29, 0.717) is 0 Å². The summed E-state index contributed by atoms with van der Waals surface area (Å²) in [5.74, 6) is 0.914. The maximum Gasteiger partial charge on any atom is 0.0764 e. The molecule has 5 heteroatoms. The number of thioether (sulfide) groups is 1. The van der Waals surface area contributed by atoms with Gasteiger partial charge in [0, 0.05) is 33.7 Å². The normalized spacial score (nSPS) is 12.3. The van der Waals surface area contributed by atoms with Crippen molar-refractivity contribution >= 4 is 27.7 Å². The molecule has 0 radical (unpaired) electrons. The van der Waals surface area contributed by atoms with Crippen LogP contribution in [-0.2, 0) is 0 Å². The van der Waals surface area contributed by atoms with Crippen LogP contribution in [0.1, 0.15) is 11.7 Å². The maximum atomic E-state index is 4.33. The Balaban J connectivity index is 2.02. The van der Waals surface area contributed by atoms with Crippen LogP contribution in [0, 0.1) is 0 Å². The summed E-state index contributed by atoms with van der Waals surface area (Å²) in [7, 11) is 1.94. The van der Waals surface area contributed by atoms with Crippen molar-refractivity contribution in [2.75, 3.05) is 12.8 Å². The average molecular weight is 324 g/mol. The third kappa shape index (κ3) is 3.54. The third-order valence-corrected chi connectivity index (χ3v) is 4.65. The molecular formula is C13H14BrN3S. The first-order valence-electron chi connectivity index (χ1n) is 5.61. The first kappa shape index (κ1) is 13.5. The molecule has 1 unspecified atom stereocenters. The van der Waals surface area contributed by atoms with Crippen LogP contribution in [0.2, 0.25) is 0 Å². The van der Waals surface area contributed by atoms with Gasteiger partial charge in [-0.25, -0.2) is 0 Å².